The number of carbonyl (C=O) groups is 1. The third-order valence-corrected chi connectivity index (χ3v) is 3.12. The molecule has 5 heteroatoms. The van der Waals surface area contributed by atoms with Gasteiger partial charge in [0.05, 0.1) is 6.10 Å². The van der Waals surface area contributed by atoms with Crippen molar-refractivity contribution >= 4 is 6.09 Å². The highest BCUT2D eigenvalue weighted by Gasteiger charge is 2.39. The van der Waals surface area contributed by atoms with Crippen LogP contribution in [0.15, 0.2) is 0 Å². The van der Waals surface area contributed by atoms with Gasteiger partial charge in [0.15, 0.2) is 0 Å². The van der Waals surface area contributed by atoms with Crippen molar-refractivity contribution in [1.29, 1.82) is 0 Å². The number of rotatable bonds is 4. The van der Waals surface area contributed by atoms with Gasteiger partial charge in [-0.3, -0.25) is 0 Å². The molecule has 2 N–H and O–H groups in total. The van der Waals surface area contributed by atoms with Crippen LogP contribution in [-0.2, 0) is 9.47 Å². The fraction of sp³-hybridized carbons (Fsp3) is 0.923. The Bertz CT molecular complexity index is 295. The number of ether oxygens (including phenoxy) is 2. The maximum absolute atomic E-state index is 11.5. The van der Waals surface area contributed by atoms with Crippen LogP contribution in [0.3, 0.4) is 0 Å². The fourth-order valence-corrected chi connectivity index (χ4v) is 2.13. The quantitative estimate of drug-likeness (QED) is 0.798. The highest BCUT2D eigenvalue weighted by atomic mass is 16.6. The van der Waals surface area contributed by atoms with Crippen LogP contribution in [0.1, 0.15) is 40.0 Å². The predicted molar refractivity (Wildman–Crippen MR) is 68.5 cm³/mol. The molecule has 0 aromatic rings. The second-order valence-corrected chi connectivity index (χ2v) is 6.14. The molecule has 0 spiro atoms. The highest BCUT2D eigenvalue weighted by Crippen LogP contribution is 2.22. The first kappa shape index (κ1) is 13.6. The molecule has 1 amide bonds. The Morgan fingerprint density at radius 3 is 2.78 bits per heavy atom. The highest BCUT2D eigenvalue weighted by molar-refractivity contribution is 5.68. The van der Waals surface area contributed by atoms with Gasteiger partial charge in [-0.05, 0) is 40.0 Å². The van der Waals surface area contributed by atoms with Gasteiger partial charge in [0.2, 0.25) is 0 Å². The van der Waals surface area contributed by atoms with E-state index in [1.54, 1.807) is 0 Å². The Morgan fingerprint density at radius 2 is 2.17 bits per heavy atom. The van der Waals surface area contributed by atoms with E-state index in [0.717, 1.165) is 32.4 Å². The van der Waals surface area contributed by atoms with Gasteiger partial charge in [-0.15, -0.1) is 0 Å². The maximum atomic E-state index is 11.5. The van der Waals surface area contributed by atoms with E-state index in [9.17, 15) is 4.79 Å². The minimum absolute atomic E-state index is 0.209. The Kier molecular flexibility index (Phi) is 4.12. The largest absolute Gasteiger partial charge is 0.444 e. The predicted octanol–water partition coefficient (Wildman–Crippen LogP) is 1.42. The summed E-state index contributed by atoms with van der Waals surface area (Å²) in [5, 5.41) is 6.29. The van der Waals surface area contributed by atoms with Gasteiger partial charge in [-0.2, -0.15) is 0 Å². The third kappa shape index (κ3) is 4.46. The molecule has 0 aromatic carbocycles. The number of nitrogens with one attached hydrogen (secondary N) is 2. The molecule has 2 aliphatic rings. The molecule has 1 aliphatic heterocycles. The van der Waals surface area contributed by atoms with Crippen molar-refractivity contribution in [2.75, 3.05) is 13.2 Å². The van der Waals surface area contributed by atoms with Gasteiger partial charge < -0.3 is 20.1 Å². The van der Waals surface area contributed by atoms with Gasteiger partial charge in [0.1, 0.15) is 5.60 Å². The summed E-state index contributed by atoms with van der Waals surface area (Å²) in [6, 6.07) is 0.586. The summed E-state index contributed by atoms with van der Waals surface area (Å²) in [6.07, 6.45) is 3.31. The first-order valence-corrected chi connectivity index (χ1v) is 6.78. The average Bonchev–Trinajstić information content (AvgIpc) is 2.76. The smallest absolute Gasteiger partial charge is 0.407 e. The Balaban J connectivity index is 1.58. The molecule has 3 unspecified atom stereocenters. The van der Waals surface area contributed by atoms with Crippen molar-refractivity contribution < 1.29 is 14.3 Å². The Labute approximate surface area is 109 Å². The van der Waals surface area contributed by atoms with E-state index in [2.05, 4.69) is 10.6 Å². The van der Waals surface area contributed by atoms with E-state index in [0.29, 0.717) is 12.1 Å². The fourth-order valence-electron chi connectivity index (χ4n) is 2.13. The van der Waals surface area contributed by atoms with Crippen LogP contribution in [0.4, 0.5) is 4.79 Å². The molecule has 3 atom stereocenters. The second-order valence-electron chi connectivity index (χ2n) is 6.14. The van der Waals surface area contributed by atoms with Gasteiger partial charge in [-0.25, -0.2) is 4.79 Å². The van der Waals surface area contributed by atoms with Gasteiger partial charge in [0.25, 0.3) is 0 Å². The molecule has 2 fully saturated rings. The van der Waals surface area contributed by atoms with Crippen molar-refractivity contribution in [2.24, 2.45) is 0 Å². The molecule has 1 heterocycles. The molecule has 1 saturated heterocycles. The van der Waals surface area contributed by atoms with Gasteiger partial charge in [-0.1, -0.05) is 0 Å². The van der Waals surface area contributed by atoms with Crippen LogP contribution in [0, 0.1) is 0 Å². The lowest BCUT2D eigenvalue weighted by atomic mass is 10.2. The minimum atomic E-state index is -0.431. The summed E-state index contributed by atoms with van der Waals surface area (Å²) in [6.45, 7) is 7.37. The van der Waals surface area contributed by atoms with Crippen molar-refractivity contribution in [1.82, 2.24) is 10.6 Å². The summed E-state index contributed by atoms with van der Waals surface area (Å²) in [5.41, 5.74) is -0.431. The normalized spacial score (nSPS) is 31.2. The van der Waals surface area contributed by atoms with E-state index in [-0.39, 0.29) is 12.1 Å². The summed E-state index contributed by atoms with van der Waals surface area (Å²) in [7, 11) is 0. The van der Waals surface area contributed by atoms with Gasteiger partial charge >= 0.3 is 6.09 Å². The summed E-state index contributed by atoms with van der Waals surface area (Å²) in [4.78, 5) is 11.5. The molecular formula is C13H24N2O3. The molecule has 1 aliphatic carbocycles. The number of hydrogen-bond donors (Lipinski definition) is 2. The first-order chi connectivity index (χ1) is 8.44. The number of hydrogen-bond acceptors (Lipinski definition) is 4. The zero-order valence-electron chi connectivity index (χ0n) is 11.5. The maximum Gasteiger partial charge on any atom is 0.407 e. The zero-order valence-corrected chi connectivity index (χ0v) is 11.5. The van der Waals surface area contributed by atoms with Crippen LogP contribution in [0.25, 0.3) is 0 Å². The molecule has 0 bridgehead atoms. The zero-order chi connectivity index (χ0) is 13.2. The minimum Gasteiger partial charge on any atom is -0.444 e. The summed E-state index contributed by atoms with van der Waals surface area (Å²) in [5.74, 6) is 0. The Morgan fingerprint density at radius 1 is 1.39 bits per heavy atom. The lowest BCUT2D eigenvalue weighted by molar-refractivity contribution is 0.0521. The van der Waals surface area contributed by atoms with E-state index >= 15 is 0 Å². The Hall–Kier alpha value is -0.810. The topological polar surface area (TPSA) is 59.6 Å². The molecule has 5 nitrogen and oxygen atoms in total. The molecule has 104 valence electrons. The van der Waals surface area contributed by atoms with E-state index < -0.39 is 5.60 Å². The van der Waals surface area contributed by atoms with Crippen molar-refractivity contribution in [3.63, 3.8) is 0 Å². The first-order valence-electron chi connectivity index (χ1n) is 6.78. The summed E-state index contributed by atoms with van der Waals surface area (Å²) >= 11 is 0. The second kappa shape index (κ2) is 5.45. The standard InChI is InChI=1S/C13H24N2O3/c1-13(2,3)18-12(16)15-11-7-10(11)14-8-9-5-4-6-17-9/h9-11,14H,4-8H2,1-3H3,(H,15,16). The van der Waals surface area contributed by atoms with E-state index in [1.165, 1.54) is 0 Å². The van der Waals surface area contributed by atoms with Crippen molar-refractivity contribution in [2.45, 2.75) is 63.8 Å². The van der Waals surface area contributed by atoms with E-state index in [4.69, 9.17) is 9.47 Å². The monoisotopic (exact) mass is 256 g/mol. The van der Waals surface area contributed by atoms with Crippen LogP contribution in [-0.4, -0.2) is 43.0 Å². The van der Waals surface area contributed by atoms with Crippen LogP contribution >= 0.6 is 0 Å². The third-order valence-electron chi connectivity index (χ3n) is 3.12. The lowest BCUT2D eigenvalue weighted by Crippen LogP contribution is -2.38. The molecule has 0 radical (unpaired) electrons. The molecule has 18 heavy (non-hydrogen) atoms. The lowest BCUT2D eigenvalue weighted by Gasteiger charge is -2.19. The SMILES string of the molecule is CC(C)(C)OC(=O)NC1CC1NCC1CCCO1. The van der Waals surface area contributed by atoms with Crippen LogP contribution in [0.5, 0.6) is 0 Å². The molecule has 1 saturated carbocycles. The van der Waals surface area contributed by atoms with Crippen molar-refractivity contribution in [3.8, 4) is 0 Å². The molecular weight excluding hydrogens is 232 g/mol. The van der Waals surface area contributed by atoms with Crippen LogP contribution < -0.4 is 10.6 Å². The molecule has 2 rings (SSSR count). The summed E-state index contributed by atoms with van der Waals surface area (Å²) < 4.78 is 10.8. The number of alkyl carbamates (subject to hydrolysis) is 1. The molecule has 0 aromatic heterocycles. The number of amides is 1. The van der Waals surface area contributed by atoms with Crippen LogP contribution in [0.2, 0.25) is 0 Å². The van der Waals surface area contributed by atoms with Gasteiger partial charge in [0, 0.05) is 25.2 Å². The van der Waals surface area contributed by atoms with Crippen molar-refractivity contribution in [3.05, 3.63) is 0 Å². The number of carbonyl (C=O) groups excluding carboxylic acids is 1. The van der Waals surface area contributed by atoms with E-state index in [1.807, 2.05) is 20.8 Å². The average molecular weight is 256 g/mol.